The van der Waals surface area contributed by atoms with Gasteiger partial charge in [-0.05, 0) is 71.1 Å². The molecule has 0 unspecified atom stereocenters. The Labute approximate surface area is 233 Å². The van der Waals surface area contributed by atoms with E-state index in [0.29, 0.717) is 65.0 Å². The first kappa shape index (κ1) is 27.7. The number of aryl methyl sites for hydroxylation is 1. The van der Waals surface area contributed by atoms with Gasteiger partial charge in [-0.25, -0.2) is 14.8 Å². The maximum absolute atomic E-state index is 13.5. The van der Waals surface area contributed by atoms with Crippen LogP contribution in [0.2, 0.25) is 0 Å². The van der Waals surface area contributed by atoms with Crippen molar-refractivity contribution in [3.05, 3.63) is 35.8 Å². The summed E-state index contributed by atoms with van der Waals surface area (Å²) in [6.07, 6.45) is 2.74. The third kappa shape index (κ3) is 5.99. The number of H-pyrrole nitrogens is 1. The molecule has 1 saturated carbocycles. The molecule has 3 aromatic rings. The van der Waals surface area contributed by atoms with Crippen molar-refractivity contribution in [1.29, 1.82) is 0 Å². The van der Waals surface area contributed by atoms with Crippen LogP contribution in [0.5, 0.6) is 11.5 Å². The Hall–Kier alpha value is -3.86. The van der Waals surface area contributed by atoms with Crippen LogP contribution in [0.25, 0.3) is 22.3 Å². The molecule has 2 fully saturated rings. The van der Waals surface area contributed by atoms with Crippen LogP contribution in [0.3, 0.4) is 0 Å². The first-order valence-electron chi connectivity index (χ1n) is 13.7. The summed E-state index contributed by atoms with van der Waals surface area (Å²) in [5.74, 6) is 1.56. The number of aromatic amines is 1. The highest BCUT2D eigenvalue weighted by molar-refractivity contribution is 6.09. The second kappa shape index (κ2) is 11.0. The van der Waals surface area contributed by atoms with Gasteiger partial charge in [0.15, 0.2) is 0 Å². The van der Waals surface area contributed by atoms with Crippen LogP contribution in [0, 0.1) is 12.8 Å². The molecule has 3 N–H and O–H groups in total. The molecule has 40 heavy (non-hydrogen) atoms. The van der Waals surface area contributed by atoms with Gasteiger partial charge in [-0.2, -0.15) is 0 Å². The van der Waals surface area contributed by atoms with Crippen molar-refractivity contribution in [2.45, 2.75) is 64.7 Å². The van der Waals surface area contributed by atoms with E-state index in [1.807, 2.05) is 18.2 Å². The van der Waals surface area contributed by atoms with Gasteiger partial charge in [0.05, 0.1) is 43.5 Å². The van der Waals surface area contributed by atoms with Gasteiger partial charge in [0.2, 0.25) is 0 Å². The lowest BCUT2D eigenvalue weighted by Gasteiger charge is -2.36. The van der Waals surface area contributed by atoms with Crippen molar-refractivity contribution >= 4 is 23.0 Å². The van der Waals surface area contributed by atoms with E-state index in [1.165, 1.54) is 24.1 Å². The largest absolute Gasteiger partial charge is 0.497 e. The number of fused-ring (bicyclic) bond motifs is 1. The van der Waals surface area contributed by atoms with Crippen LogP contribution >= 0.6 is 0 Å². The first-order valence-corrected chi connectivity index (χ1v) is 13.7. The number of nitrogens with one attached hydrogen (secondary N) is 2. The third-order valence-electron chi connectivity index (χ3n) is 7.16. The number of piperidine rings is 1. The second-order valence-corrected chi connectivity index (χ2v) is 11.5. The fourth-order valence-electron chi connectivity index (χ4n) is 4.88. The monoisotopic (exact) mass is 551 g/mol. The Balaban J connectivity index is 1.37. The molecule has 2 aliphatic rings. The normalized spacial score (nSPS) is 19.4. The zero-order chi connectivity index (χ0) is 28.6. The molecule has 1 aromatic carbocycles. The molecule has 1 aliphatic carbocycles. The number of aliphatic hydroxyl groups is 1. The van der Waals surface area contributed by atoms with Gasteiger partial charge < -0.3 is 34.5 Å². The fraction of sp³-hybridized carbons (Fsp3) is 0.517. The van der Waals surface area contributed by atoms with Crippen LogP contribution in [0.4, 0.5) is 4.79 Å². The average molecular weight is 552 g/mol. The minimum Gasteiger partial charge on any atom is -0.497 e. The van der Waals surface area contributed by atoms with Crippen molar-refractivity contribution < 1.29 is 28.9 Å². The highest BCUT2D eigenvalue weighted by Gasteiger charge is 2.34. The molecule has 0 bridgehead atoms. The Morgan fingerprint density at radius 3 is 2.65 bits per heavy atom. The van der Waals surface area contributed by atoms with Crippen molar-refractivity contribution in [3.63, 3.8) is 0 Å². The number of amides is 2. The number of benzene rings is 1. The number of hydrogen-bond donors (Lipinski definition) is 3. The molecule has 214 valence electrons. The summed E-state index contributed by atoms with van der Waals surface area (Å²) >= 11 is 0. The number of hydrogen-bond acceptors (Lipinski definition) is 8. The molecular weight excluding hydrogens is 514 g/mol. The number of aliphatic hydroxyl groups excluding tert-OH is 1. The van der Waals surface area contributed by atoms with E-state index in [4.69, 9.17) is 14.2 Å². The molecule has 11 nitrogen and oxygen atoms in total. The molecule has 2 atom stereocenters. The maximum atomic E-state index is 13.5. The third-order valence-corrected chi connectivity index (χ3v) is 7.16. The molecule has 3 heterocycles. The van der Waals surface area contributed by atoms with E-state index in [-0.39, 0.29) is 12.5 Å². The molecule has 0 radical (unpaired) electrons. The molecule has 5 rings (SSSR count). The molecule has 2 amide bonds. The first-order chi connectivity index (χ1) is 19.0. The predicted molar refractivity (Wildman–Crippen MR) is 149 cm³/mol. The Kier molecular flexibility index (Phi) is 7.59. The topological polar surface area (TPSA) is 139 Å². The Bertz CT molecular complexity index is 1410. The van der Waals surface area contributed by atoms with Gasteiger partial charge in [-0.15, -0.1) is 0 Å². The molecule has 1 aliphatic heterocycles. The summed E-state index contributed by atoms with van der Waals surface area (Å²) < 4.78 is 17.0. The van der Waals surface area contributed by atoms with Crippen LogP contribution in [0.15, 0.2) is 24.5 Å². The quantitative estimate of drug-likeness (QED) is 0.403. The zero-order valence-electron chi connectivity index (χ0n) is 23.6. The van der Waals surface area contributed by atoms with E-state index in [0.717, 1.165) is 5.56 Å². The number of carbonyl (C=O) groups is 2. The van der Waals surface area contributed by atoms with Crippen molar-refractivity contribution in [2.75, 3.05) is 26.8 Å². The number of ether oxygens (including phenoxy) is 3. The minimum atomic E-state index is -0.941. The number of β-amino-alcohol motifs (C(OH)–C–C–N with tert-alkyl or cyclic N) is 1. The standard InChI is InChI=1S/C29H37N5O6/c1-16-23(27(36)33-20-10-11-34(13-21(20)35)28(37)40-29(2,3)4)25-26(32-16)24(30-15-31-25)19-12-18(38-5)8-9-22(19)39-14-17-6-7-17/h8-9,12,15,17,20-21,32,35H,6-7,10-11,13-14H2,1-5H3,(H,33,36)/t20-,21-/m1/s1. The molecule has 2 aromatic heterocycles. The van der Waals surface area contributed by atoms with Gasteiger partial charge in [0, 0.05) is 17.8 Å². The number of likely N-dealkylation sites (tertiary alicyclic amines) is 1. The summed E-state index contributed by atoms with van der Waals surface area (Å²) in [7, 11) is 1.60. The van der Waals surface area contributed by atoms with Gasteiger partial charge in [-0.3, -0.25) is 4.79 Å². The number of methoxy groups -OCH3 is 1. The molecule has 0 spiro atoms. The van der Waals surface area contributed by atoms with Gasteiger partial charge in [0.1, 0.15) is 34.6 Å². The summed E-state index contributed by atoms with van der Waals surface area (Å²) in [5, 5.41) is 13.7. The number of carbonyl (C=O) groups excluding carboxylic acids is 2. The van der Waals surface area contributed by atoms with Crippen molar-refractivity contribution in [2.24, 2.45) is 5.92 Å². The summed E-state index contributed by atoms with van der Waals surface area (Å²) in [4.78, 5) is 39.7. The second-order valence-electron chi connectivity index (χ2n) is 11.5. The Morgan fingerprint density at radius 2 is 1.98 bits per heavy atom. The van der Waals surface area contributed by atoms with Crippen molar-refractivity contribution in [3.8, 4) is 22.8 Å². The highest BCUT2D eigenvalue weighted by Crippen LogP contribution is 2.38. The average Bonchev–Trinajstić information content (AvgIpc) is 3.67. The lowest BCUT2D eigenvalue weighted by molar-refractivity contribution is -0.00408. The molecular formula is C29H37N5O6. The number of rotatable bonds is 7. The number of aromatic nitrogens is 3. The van der Waals surface area contributed by atoms with E-state index >= 15 is 0 Å². The van der Waals surface area contributed by atoms with E-state index in [2.05, 4.69) is 20.3 Å². The minimum absolute atomic E-state index is 0.0680. The van der Waals surface area contributed by atoms with E-state index in [9.17, 15) is 14.7 Å². The Morgan fingerprint density at radius 1 is 1.20 bits per heavy atom. The van der Waals surface area contributed by atoms with E-state index < -0.39 is 23.8 Å². The number of nitrogens with zero attached hydrogens (tertiary/aromatic N) is 3. The van der Waals surface area contributed by atoms with Crippen molar-refractivity contribution in [1.82, 2.24) is 25.2 Å². The lowest BCUT2D eigenvalue weighted by atomic mass is 10.0. The zero-order valence-corrected chi connectivity index (χ0v) is 23.6. The fourth-order valence-corrected chi connectivity index (χ4v) is 4.88. The van der Waals surface area contributed by atoms with Crippen LogP contribution in [-0.4, -0.2) is 81.5 Å². The summed E-state index contributed by atoms with van der Waals surface area (Å²) in [5.41, 5.74) is 2.79. The predicted octanol–water partition coefficient (Wildman–Crippen LogP) is 3.83. The van der Waals surface area contributed by atoms with Crippen LogP contribution < -0.4 is 14.8 Å². The molecule has 1 saturated heterocycles. The van der Waals surface area contributed by atoms with Gasteiger partial charge in [-0.1, -0.05) is 0 Å². The van der Waals surface area contributed by atoms with Crippen LogP contribution in [-0.2, 0) is 4.74 Å². The maximum Gasteiger partial charge on any atom is 0.410 e. The smallest absolute Gasteiger partial charge is 0.410 e. The SMILES string of the molecule is COc1ccc(OCC2CC2)c(-c2ncnc3c(C(=O)N[C@@H]4CCN(C(=O)OC(C)(C)C)C[C@H]4O)c(C)[nH]c23)c1. The van der Waals surface area contributed by atoms with E-state index in [1.54, 1.807) is 34.8 Å². The molecule has 11 heteroatoms. The highest BCUT2D eigenvalue weighted by atomic mass is 16.6. The van der Waals surface area contributed by atoms with Gasteiger partial charge in [0.25, 0.3) is 5.91 Å². The summed E-state index contributed by atoms with van der Waals surface area (Å²) in [6.45, 7) is 8.25. The lowest BCUT2D eigenvalue weighted by Crippen LogP contribution is -2.56. The summed E-state index contributed by atoms with van der Waals surface area (Å²) in [6, 6.07) is 5.06. The van der Waals surface area contributed by atoms with Gasteiger partial charge >= 0.3 is 6.09 Å². The van der Waals surface area contributed by atoms with Crippen LogP contribution in [0.1, 0.15) is 56.1 Å².